The third-order valence-electron chi connectivity index (χ3n) is 2.71. The Bertz CT molecular complexity index is 125. The van der Waals surface area contributed by atoms with Crippen molar-refractivity contribution >= 4 is 12.6 Å². The topological polar surface area (TPSA) is 3.24 Å². The van der Waals surface area contributed by atoms with Crippen LogP contribution in [-0.2, 0) is 0 Å². The van der Waals surface area contributed by atoms with Gasteiger partial charge in [0.1, 0.15) is 0 Å². The van der Waals surface area contributed by atoms with E-state index in [1.807, 2.05) is 0 Å². The van der Waals surface area contributed by atoms with Crippen molar-refractivity contribution in [1.29, 1.82) is 0 Å². The van der Waals surface area contributed by atoms with Crippen molar-refractivity contribution in [2.45, 2.75) is 40.0 Å². The molecule has 0 aliphatic rings. The second-order valence-electron chi connectivity index (χ2n) is 4.89. The maximum absolute atomic E-state index is 4.26. The molecule has 2 heteroatoms. The van der Waals surface area contributed by atoms with Crippen molar-refractivity contribution in [3.05, 3.63) is 0 Å². The van der Waals surface area contributed by atoms with Crippen LogP contribution in [0.4, 0.5) is 0 Å². The van der Waals surface area contributed by atoms with Gasteiger partial charge in [0.25, 0.3) is 0 Å². The smallest absolute Gasteiger partial charge is 0.00192 e. The summed E-state index contributed by atoms with van der Waals surface area (Å²) in [5.41, 5.74) is 0. The molecule has 0 heterocycles. The SMILES string of the molecule is CC(C)CCN(C)CCC(C)CCS. The van der Waals surface area contributed by atoms with Gasteiger partial charge in [-0.1, -0.05) is 20.8 Å². The quantitative estimate of drug-likeness (QED) is 0.611. The van der Waals surface area contributed by atoms with Crippen LogP contribution in [0.15, 0.2) is 0 Å². The predicted octanol–water partition coefficient (Wildman–Crippen LogP) is 3.31. The van der Waals surface area contributed by atoms with E-state index in [1.54, 1.807) is 0 Å². The summed E-state index contributed by atoms with van der Waals surface area (Å²) in [4.78, 5) is 2.45. The van der Waals surface area contributed by atoms with Crippen molar-refractivity contribution in [2.75, 3.05) is 25.9 Å². The molecule has 0 fully saturated rings. The van der Waals surface area contributed by atoms with Crippen molar-refractivity contribution in [2.24, 2.45) is 11.8 Å². The van der Waals surface area contributed by atoms with E-state index in [1.165, 1.54) is 32.4 Å². The molecule has 0 rings (SSSR count). The highest BCUT2D eigenvalue weighted by atomic mass is 32.1. The molecule has 0 amide bonds. The Morgan fingerprint density at radius 3 is 2.07 bits per heavy atom. The molecule has 0 N–H and O–H groups in total. The fourth-order valence-corrected chi connectivity index (χ4v) is 1.84. The monoisotopic (exact) mass is 217 g/mol. The highest BCUT2D eigenvalue weighted by Crippen LogP contribution is 2.09. The van der Waals surface area contributed by atoms with Gasteiger partial charge in [0.2, 0.25) is 0 Å². The predicted molar refractivity (Wildman–Crippen MR) is 69.2 cm³/mol. The number of rotatable bonds is 8. The molecule has 0 aliphatic heterocycles. The molecule has 86 valence electrons. The Morgan fingerprint density at radius 2 is 1.57 bits per heavy atom. The number of hydrogen-bond donors (Lipinski definition) is 1. The lowest BCUT2D eigenvalue weighted by molar-refractivity contribution is 0.286. The molecule has 1 nitrogen and oxygen atoms in total. The Balaban J connectivity index is 3.38. The Kier molecular flexibility index (Phi) is 8.80. The highest BCUT2D eigenvalue weighted by molar-refractivity contribution is 7.80. The van der Waals surface area contributed by atoms with Gasteiger partial charge in [-0.05, 0) is 57.0 Å². The van der Waals surface area contributed by atoms with Crippen LogP contribution in [0.2, 0.25) is 0 Å². The van der Waals surface area contributed by atoms with Gasteiger partial charge >= 0.3 is 0 Å². The number of thiol groups is 1. The van der Waals surface area contributed by atoms with Gasteiger partial charge in [-0.25, -0.2) is 0 Å². The van der Waals surface area contributed by atoms with Gasteiger partial charge < -0.3 is 4.90 Å². The molecule has 1 unspecified atom stereocenters. The van der Waals surface area contributed by atoms with Crippen molar-refractivity contribution < 1.29 is 0 Å². The Morgan fingerprint density at radius 1 is 1.00 bits per heavy atom. The lowest BCUT2D eigenvalue weighted by Gasteiger charge is -2.19. The fourth-order valence-electron chi connectivity index (χ4n) is 1.40. The van der Waals surface area contributed by atoms with E-state index in [0.717, 1.165) is 17.6 Å². The standard InChI is InChI=1S/C12H27NS/c1-11(2)5-8-13(4)9-6-12(3)7-10-14/h11-12,14H,5-10H2,1-4H3. The first-order chi connectivity index (χ1) is 6.56. The summed E-state index contributed by atoms with van der Waals surface area (Å²) < 4.78 is 0. The van der Waals surface area contributed by atoms with E-state index >= 15 is 0 Å². The number of nitrogens with zero attached hydrogens (tertiary/aromatic N) is 1. The molecular weight excluding hydrogens is 190 g/mol. The molecule has 1 atom stereocenters. The lowest BCUT2D eigenvalue weighted by atomic mass is 10.0. The molecular formula is C12H27NS. The minimum atomic E-state index is 0.826. The van der Waals surface area contributed by atoms with E-state index in [4.69, 9.17) is 0 Å². The van der Waals surface area contributed by atoms with Crippen LogP contribution in [0.5, 0.6) is 0 Å². The van der Waals surface area contributed by atoms with Crippen LogP contribution >= 0.6 is 12.6 Å². The maximum Gasteiger partial charge on any atom is -0.00192 e. The first kappa shape index (κ1) is 14.3. The largest absolute Gasteiger partial charge is 0.306 e. The Hall–Kier alpha value is 0.310. The van der Waals surface area contributed by atoms with E-state index in [2.05, 4.69) is 45.3 Å². The average Bonchev–Trinajstić information content (AvgIpc) is 2.12. The van der Waals surface area contributed by atoms with E-state index in [9.17, 15) is 0 Å². The van der Waals surface area contributed by atoms with Crippen LogP contribution in [0.1, 0.15) is 40.0 Å². The average molecular weight is 217 g/mol. The summed E-state index contributed by atoms with van der Waals surface area (Å²) in [7, 11) is 2.23. The lowest BCUT2D eigenvalue weighted by Crippen LogP contribution is -2.23. The van der Waals surface area contributed by atoms with Crippen molar-refractivity contribution in [1.82, 2.24) is 4.90 Å². The molecule has 0 bridgehead atoms. The van der Waals surface area contributed by atoms with Gasteiger partial charge in [0.15, 0.2) is 0 Å². The summed E-state index contributed by atoms with van der Waals surface area (Å²) >= 11 is 4.26. The van der Waals surface area contributed by atoms with E-state index < -0.39 is 0 Å². The molecule has 0 aliphatic carbocycles. The second-order valence-corrected chi connectivity index (χ2v) is 5.34. The third kappa shape index (κ3) is 8.89. The molecule has 0 radical (unpaired) electrons. The van der Waals surface area contributed by atoms with Crippen molar-refractivity contribution in [3.63, 3.8) is 0 Å². The molecule has 0 spiro atoms. The first-order valence-corrected chi connectivity index (χ1v) is 6.49. The van der Waals surface area contributed by atoms with Crippen LogP contribution in [-0.4, -0.2) is 30.8 Å². The van der Waals surface area contributed by atoms with Crippen LogP contribution in [0.25, 0.3) is 0 Å². The second kappa shape index (κ2) is 8.60. The van der Waals surface area contributed by atoms with Gasteiger partial charge in [0, 0.05) is 0 Å². The fraction of sp³-hybridized carbons (Fsp3) is 1.00. The van der Waals surface area contributed by atoms with Gasteiger partial charge in [0.05, 0.1) is 0 Å². The first-order valence-electron chi connectivity index (χ1n) is 5.85. The van der Waals surface area contributed by atoms with Crippen molar-refractivity contribution in [3.8, 4) is 0 Å². The molecule has 0 aromatic carbocycles. The minimum Gasteiger partial charge on any atom is -0.306 e. The normalized spacial score (nSPS) is 13.9. The molecule has 0 aromatic rings. The van der Waals surface area contributed by atoms with E-state index in [0.29, 0.717) is 0 Å². The van der Waals surface area contributed by atoms with Gasteiger partial charge in [-0.2, -0.15) is 12.6 Å². The number of hydrogen-bond acceptors (Lipinski definition) is 2. The summed E-state index contributed by atoms with van der Waals surface area (Å²) in [6, 6.07) is 0. The Labute approximate surface area is 95.7 Å². The minimum absolute atomic E-state index is 0.826. The van der Waals surface area contributed by atoms with E-state index in [-0.39, 0.29) is 0 Å². The summed E-state index contributed by atoms with van der Waals surface area (Å²) in [5, 5.41) is 0. The van der Waals surface area contributed by atoms with Crippen LogP contribution < -0.4 is 0 Å². The zero-order chi connectivity index (χ0) is 11.0. The molecule has 0 saturated heterocycles. The van der Waals surface area contributed by atoms with Crippen LogP contribution in [0, 0.1) is 11.8 Å². The highest BCUT2D eigenvalue weighted by Gasteiger charge is 2.04. The maximum atomic E-state index is 4.26. The molecule has 0 saturated carbocycles. The van der Waals surface area contributed by atoms with Gasteiger partial charge in [-0.15, -0.1) is 0 Å². The van der Waals surface area contributed by atoms with Crippen LogP contribution in [0.3, 0.4) is 0 Å². The zero-order valence-electron chi connectivity index (χ0n) is 10.3. The molecule has 14 heavy (non-hydrogen) atoms. The zero-order valence-corrected chi connectivity index (χ0v) is 11.2. The molecule has 0 aromatic heterocycles. The van der Waals surface area contributed by atoms with Gasteiger partial charge in [-0.3, -0.25) is 0 Å². The summed E-state index contributed by atoms with van der Waals surface area (Å²) in [5.74, 6) is 2.68. The third-order valence-corrected chi connectivity index (χ3v) is 2.97. The summed E-state index contributed by atoms with van der Waals surface area (Å²) in [6.07, 6.45) is 3.88. The summed E-state index contributed by atoms with van der Waals surface area (Å²) in [6.45, 7) is 9.38.